The molecule has 2 aliphatic rings. The fourth-order valence-corrected chi connectivity index (χ4v) is 4.84. The van der Waals surface area contributed by atoms with Crippen LogP contribution in [0, 0.1) is 35.5 Å². The summed E-state index contributed by atoms with van der Waals surface area (Å²) < 4.78 is 12.8. The lowest BCUT2D eigenvalue weighted by Gasteiger charge is -2.24. The third kappa shape index (κ3) is 5.22. The van der Waals surface area contributed by atoms with Crippen molar-refractivity contribution in [1.82, 2.24) is 14.6 Å². The Morgan fingerprint density at radius 3 is 2.75 bits per heavy atom. The van der Waals surface area contributed by atoms with Gasteiger partial charge in [0.25, 0.3) is 0 Å². The Labute approximate surface area is 211 Å². The van der Waals surface area contributed by atoms with E-state index in [1.807, 2.05) is 20.8 Å². The van der Waals surface area contributed by atoms with Gasteiger partial charge in [-0.15, -0.1) is 0 Å². The molecule has 10 nitrogen and oxygen atoms in total. The number of nitrogens with zero attached hydrogens (tertiary/aromatic N) is 4. The number of fused-ring (bicyclic) bond motifs is 1. The molecule has 0 spiro atoms. The fraction of sp³-hybridized carbons (Fsp3) is 0.615. The molecular formula is C26H34N5O5. The molecule has 1 saturated carbocycles. The summed E-state index contributed by atoms with van der Waals surface area (Å²) in [7, 11) is 0. The molecule has 0 unspecified atom stereocenters. The summed E-state index contributed by atoms with van der Waals surface area (Å²) in [5.41, 5.74) is -1.01. The summed E-state index contributed by atoms with van der Waals surface area (Å²) in [6.07, 6.45) is 6.66. The average Bonchev–Trinajstić information content (AvgIpc) is 3.44. The number of carbonyl (C=O) groups is 2. The maximum Gasteiger partial charge on any atom is 0.306 e. The Kier molecular flexibility index (Phi) is 7.91. The van der Waals surface area contributed by atoms with Crippen molar-refractivity contribution in [3.05, 3.63) is 30.6 Å². The molecular weight excluding hydrogens is 462 g/mol. The van der Waals surface area contributed by atoms with Crippen molar-refractivity contribution in [2.24, 2.45) is 17.8 Å². The number of ether oxygens (including phenoxy) is 2. The highest BCUT2D eigenvalue weighted by atomic mass is 16.6. The lowest BCUT2D eigenvalue weighted by molar-refractivity contribution is -0.150. The van der Waals surface area contributed by atoms with E-state index in [1.165, 1.54) is 23.7 Å². The quantitative estimate of drug-likeness (QED) is 0.532. The van der Waals surface area contributed by atoms with E-state index in [2.05, 4.69) is 21.5 Å². The molecule has 10 heteroatoms. The van der Waals surface area contributed by atoms with Crippen LogP contribution in [0.4, 0.5) is 5.82 Å². The number of nitriles is 1. The lowest BCUT2D eigenvalue weighted by atomic mass is 9.87. The number of aliphatic hydroxyl groups excluding tert-OH is 1. The van der Waals surface area contributed by atoms with E-state index in [0.717, 1.165) is 25.7 Å². The Morgan fingerprint density at radius 2 is 2.06 bits per heavy atom. The van der Waals surface area contributed by atoms with Gasteiger partial charge in [-0.05, 0) is 36.8 Å². The first-order valence-corrected chi connectivity index (χ1v) is 12.7. The molecule has 3 heterocycles. The number of aromatic nitrogens is 3. The zero-order valence-electron chi connectivity index (χ0n) is 21.0. The summed E-state index contributed by atoms with van der Waals surface area (Å²) >= 11 is 0. The Balaban J connectivity index is 1.48. The van der Waals surface area contributed by atoms with Gasteiger partial charge in [-0.25, -0.2) is 9.50 Å². The normalized spacial score (nSPS) is 25.6. The van der Waals surface area contributed by atoms with Crippen molar-refractivity contribution < 1.29 is 24.2 Å². The van der Waals surface area contributed by atoms with E-state index >= 15 is 0 Å². The number of esters is 1. The molecule has 1 amide bonds. The molecule has 2 N–H and O–H groups in total. The molecule has 4 atom stereocenters. The molecule has 2 aromatic rings. The zero-order valence-corrected chi connectivity index (χ0v) is 21.0. The number of hydrogen-bond donors (Lipinski definition) is 2. The minimum absolute atomic E-state index is 0.0846. The van der Waals surface area contributed by atoms with Crippen molar-refractivity contribution in [2.75, 3.05) is 11.9 Å². The van der Waals surface area contributed by atoms with Crippen LogP contribution in [0.25, 0.3) is 5.52 Å². The molecule has 2 fully saturated rings. The number of anilines is 1. The SMILES string of the molecule is CC(C)[C@H](C)C(=O)Nc1ncnn2c([C@]3(C#N)O[C@@H](COC(=O)CC4CCCCC4)[CH][C@H]3O)ccc12. The van der Waals surface area contributed by atoms with Gasteiger partial charge in [0.15, 0.2) is 5.82 Å². The van der Waals surface area contributed by atoms with Crippen LogP contribution >= 0.6 is 0 Å². The standard InChI is InChI=1S/C26H34N5O5/c1-16(2)17(3)25(34)30-24-20-9-10-21(31(20)29-15-28-24)26(14-27)22(32)12-19(36-26)13-35-23(33)11-18-7-5-4-6-8-18/h9-10,12,15-19,22,32H,4-8,11,13H2,1-3H3,(H,28,29,30,34)/t17-,19+,22+,26-/m0/s1. The van der Waals surface area contributed by atoms with Crippen molar-refractivity contribution in [2.45, 2.75) is 77.1 Å². The van der Waals surface area contributed by atoms with Crippen LogP contribution in [0.5, 0.6) is 0 Å². The summed E-state index contributed by atoms with van der Waals surface area (Å²) in [4.78, 5) is 29.1. The minimum atomic E-state index is -1.76. The summed E-state index contributed by atoms with van der Waals surface area (Å²) in [6, 6.07) is 5.36. The number of nitrogens with one attached hydrogen (secondary N) is 1. The number of rotatable bonds is 8. The Bertz CT molecular complexity index is 1140. The van der Waals surface area contributed by atoms with E-state index in [0.29, 0.717) is 23.7 Å². The predicted molar refractivity (Wildman–Crippen MR) is 130 cm³/mol. The first kappa shape index (κ1) is 26.0. The highest BCUT2D eigenvalue weighted by molar-refractivity contribution is 5.95. The average molecular weight is 497 g/mol. The molecule has 1 saturated heterocycles. The molecule has 36 heavy (non-hydrogen) atoms. The van der Waals surface area contributed by atoms with Crippen LogP contribution in [-0.4, -0.2) is 50.4 Å². The van der Waals surface area contributed by atoms with E-state index < -0.39 is 17.8 Å². The van der Waals surface area contributed by atoms with Crippen LogP contribution in [0.2, 0.25) is 0 Å². The summed E-state index contributed by atoms with van der Waals surface area (Å²) in [5, 5.41) is 28.0. The van der Waals surface area contributed by atoms with Gasteiger partial charge >= 0.3 is 5.97 Å². The largest absolute Gasteiger partial charge is 0.463 e. The predicted octanol–water partition coefficient (Wildman–Crippen LogP) is 3.16. The van der Waals surface area contributed by atoms with Crippen LogP contribution in [-0.2, 0) is 24.7 Å². The highest BCUT2D eigenvalue weighted by Crippen LogP contribution is 2.40. The van der Waals surface area contributed by atoms with Gasteiger partial charge in [0.1, 0.15) is 36.7 Å². The number of carbonyl (C=O) groups excluding carboxylic acids is 2. The van der Waals surface area contributed by atoms with Gasteiger partial charge < -0.3 is 19.9 Å². The maximum atomic E-state index is 12.6. The van der Waals surface area contributed by atoms with E-state index in [-0.39, 0.29) is 36.0 Å². The number of hydrogen-bond acceptors (Lipinski definition) is 8. The summed E-state index contributed by atoms with van der Waals surface area (Å²) in [5.74, 6) is 0.109. The second-order valence-electron chi connectivity index (χ2n) is 10.2. The van der Waals surface area contributed by atoms with Gasteiger partial charge in [-0.3, -0.25) is 9.59 Å². The monoisotopic (exact) mass is 496 g/mol. The van der Waals surface area contributed by atoms with Gasteiger partial charge in [-0.1, -0.05) is 40.0 Å². The van der Waals surface area contributed by atoms with E-state index in [9.17, 15) is 20.0 Å². The smallest absolute Gasteiger partial charge is 0.306 e. The molecule has 0 bridgehead atoms. The minimum Gasteiger partial charge on any atom is -0.463 e. The van der Waals surface area contributed by atoms with Crippen LogP contribution < -0.4 is 5.32 Å². The van der Waals surface area contributed by atoms with Gasteiger partial charge in [0, 0.05) is 18.8 Å². The topological polar surface area (TPSA) is 139 Å². The van der Waals surface area contributed by atoms with Gasteiger partial charge in [-0.2, -0.15) is 10.4 Å². The Hall–Kier alpha value is -3.03. The lowest BCUT2D eigenvalue weighted by Crippen LogP contribution is -2.37. The molecule has 193 valence electrons. The summed E-state index contributed by atoms with van der Waals surface area (Å²) in [6.45, 7) is 5.68. The van der Waals surface area contributed by atoms with Gasteiger partial charge in [0.05, 0.1) is 5.69 Å². The highest BCUT2D eigenvalue weighted by Gasteiger charge is 2.52. The molecule has 1 radical (unpaired) electrons. The van der Waals surface area contributed by atoms with Crippen molar-refractivity contribution >= 4 is 23.2 Å². The molecule has 0 aromatic carbocycles. The first-order valence-electron chi connectivity index (χ1n) is 12.7. The van der Waals surface area contributed by atoms with Gasteiger partial charge in [0.2, 0.25) is 11.5 Å². The maximum absolute atomic E-state index is 12.6. The van der Waals surface area contributed by atoms with E-state index in [1.54, 1.807) is 12.1 Å². The second-order valence-corrected chi connectivity index (χ2v) is 10.2. The zero-order chi connectivity index (χ0) is 25.9. The fourth-order valence-electron chi connectivity index (χ4n) is 4.84. The van der Waals surface area contributed by atoms with E-state index in [4.69, 9.17) is 9.47 Å². The van der Waals surface area contributed by atoms with Crippen LogP contribution in [0.1, 0.15) is 65.0 Å². The molecule has 2 aromatic heterocycles. The number of amides is 1. The third-order valence-electron chi connectivity index (χ3n) is 7.39. The third-order valence-corrected chi connectivity index (χ3v) is 7.39. The van der Waals surface area contributed by atoms with Crippen molar-refractivity contribution in [1.29, 1.82) is 5.26 Å². The molecule has 1 aliphatic heterocycles. The molecule has 1 aliphatic carbocycles. The van der Waals surface area contributed by atoms with Crippen LogP contribution in [0.3, 0.4) is 0 Å². The molecule has 4 rings (SSSR count). The Morgan fingerprint density at radius 1 is 1.31 bits per heavy atom. The first-order chi connectivity index (χ1) is 17.2. The van der Waals surface area contributed by atoms with Crippen molar-refractivity contribution in [3.63, 3.8) is 0 Å². The van der Waals surface area contributed by atoms with Crippen molar-refractivity contribution in [3.8, 4) is 6.07 Å². The number of aliphatic hydroxyl groups is 1. The van der Waals surface area contributed by atoms with Crippen LogP contribution in [0.15, 0.2) is 18.5 Å². The second kappa shape index (κ2) is 10.9.